The fraction of sp³-hybridized carbons (Fsp3) is 0.562. The molecule has 0 aliphatic carbocycles. The van der Waals surface area contributed by atoms with Crippen molar-refractivity contribution >= 4 is 11.7 Å². The molecule has 1 aliphatic rings. The summed E-state index contributed by atoms with van der Waals surface area (Å²) in [5.74, 6) is 1.39. The summed E-state index contributed by atoms with van der Waals surface area (Å²) in [7, 11) is 1.70. The second-order valence-corrected chi connectivity index (χ2v) is 5.78. The monoisotopic (exact) mass is 291 g/mol. The molecule has 1 unspecified atom stereocenters. The maximum Gasteiger partial charge on any atom is 0.314 e. The van der Waals surface area contributed by atoms with Crippen LogP contribution in [0, 0.1) is 5.92 Å². The van der Waals surface area contributed by atoms with Crippen molar-refractivity contribution in [3.8, 4) is 5.75 Å². The fourth-order valence-electron chi connectivity index (χ4n) is 2.66. The SMILES string of the molecule is COc1ccccc1N1CCC(CNC(=O)NC(C)C)C1. The summed E-state index contributed by atoms with van der Waals surface area (Å²) in [5, 5.41) is 5.79. The topological polar surface area (TPSA) is 53.6 Å². The Morgan fingerprint density at radius 2 is 2.19 bits per heavy atom. The summed E-state index contributed by atoms with van der Waals surface area (Å²) in [6.07, 6.45) is 1.08. The molecule has 1 aromatic carbocycles. The minimum atomic E-state index is -0.0826. The predicted molar refractivity (Wildman–Crippen MR) is 85.0 cm³/mol. The summed E-state index contributed by atoms with van der Waals surface area (Å²) < 4.78 is 5.41. The lowest BCUT2D eigenvalue weighted by atomic mass is 10.1. The molecule has 1 saturated heterocycles. The summed E-state index contributed by atoms with van der Waals surface area (Å²) in [6.45, 7) is 6.57. The van der Waals surface area contributed by atoms with Crippen LogP contribution >= 0.6 is 0 Å². The van der Waals surface area contributed by atoms with Gasteiger partial charge in [-0.3, -0.25) is 0 Å². The number of nitrogens with zero attached hydrogens (tertiary/aromatic N) is 1. The van der Waals surface area contributed by atoms with Crippen LogP contribution in [-0.2, 0) is 0 Å². The summed E-state index contributed by atoms with van der Waals surface area (Å²) in [6, 6.07) is 8.16. The first kappa shape index (κ1) is 15.5. The molecule has 0 bridgehead atoms. The van der Waals surface area contributed by atoms with Gasteiger partial charge in [0.2, 0.25) is 0 Å². The molecule has 2 amide bonds. The molecule has 2 N–H and O–H groups in total. The van der Waals surface area contributed by atoms with E-state index < -0.39 is 0 Å². The molecule has 0 spiro atoms. The van der Waals surface area contributed by atoms with E-state index in [1.807, 2.05) is 32.0 Å². The first-order valence-electron chi connectivity index (χ1n) is 7.52. The predicted octanol–water partition coefficient (Wildman–Crippen LogP) is 2.23. The average molecular weight is 291 g/mol. The van der Waals surface area contributed by atoms with E-state index >= 15 is 0 Å². The van der Waals surface area contributed by atoms with Crippen molar-refractivity contribution in [2.45, 2.75) is 26.3 Å². The number of benzene rings is 1. The van der Waals surface area contributed by atoms with Gasteiger partial charge in [-0.15, -0.1) is 0 Å². The zero-order chi connectivity index (χ0) is 15.2. The number of urea groups is 1. The van der Waals surface area contributed by atoms with Crippen LogP contribution in [-0.4, -0.2) is 38.8 Å². The number of carbonyl (C=O) groups is 1. The van der Waals surface area contributed by atoms with Gasteiger partial charge in [-0.05, 0) is 38.3 Å². The van der Waals surface area contributed by atoms with Gasteiger partial charge >= 0.3 is 6.03 Å². The highest BCUT2D eigenvalue weighted by atomic mass is 16.5. The van der Waals surface area contributed by atoms with E-state index in [9.17, 15) is 4.79 Å². The minimum absolute atomic E-state index is 0.0826. The third kappa shape index (κ3) is 4.28. The van der Waals surface area contributed by atoms with Crippen molar-refractivity contribution in [3.63, 3.8) is 0 Å². The molecule has 5 heteroatoms. The van der Waals surface area contributed by atoms with E-state index in [4.69, 9.17) is 4.74 Å². The van der Waals surface area contributed by atoms with Gasteiger partial charge in [0.15, 0.2) is 0 Å². The lowest BCUT2D eigenvalue weighted by Gasteiger charge is -2.21. The number of rotatable bonds is 5. The lowest BCUT2D eigenvalue weighted by Crippen LogP contribution is -2.41. The Morgan fingerprint density at radius 3 is 2.90 bits per heavy atom. The quantitative estimate of drug-likeness (QED) is 0.874. The lowest BCUT2D eigenvalue weighted by molar-refractivity contribution is 0.237. The molecule has 1 atom stereocenters. The highest BCUT2D eigenvalue weighted by molar-refractivity contribution is 5.74. The van der Waals surface area contributed by atoms with Crippen LogP contribution in [0.1, 0.15) is 20.3 Å². The van der Waals surface area contributed by atoms with Crippen LogP contribution < -0.4 is 20.3 Å². The van der Waals surface area contributed by atoms with Gasteiger partial charge in [-0.1, -0.05) is 12.1 Å². The molecule has 21 heavy (non-hydrogen) atoms. The Bertz CT molecular complexity index is 476. The molecule has 1 heterocycles. The molecule has 116 valence electrons. The number of hydrogen-bond acceptors (Lipinski definition) is 3. The van der Waals surface area contributed by atoms with Crippen LogP contribution in [0.3, 0.4) is 0 Å². The molecule has 0 aromatic heterocycles. The van der Waals surface area contributed by atoms with E-state index in [1.54, 1.807) is 7.11 Å². The van der Waals surface area contributed by atoms with Gasteiger partial charge in [-0.2, -0.15) is 0 Å². The van der Waals surface area contributed by atoms with Crippen molar-refractivity contribution in [1.29, 1.82) is 0 Å². The van der Waals surface area contributed by atoms with Crippen LogP contribution in [0.2, 0.25) is 0 Å². The molecule has 0 radical (unpaired) electrons. The zero-order valence-corrected chi connectivity index (χ0v) is 13.1. The van der Waals surface area contributed by atoms with Crippen molar-refractivity contribution < 1.29 is 9.53 Å². The second-order valence-electron chi connectivity index (χ2n) is 5.78. The molecule has 5 nitrogen and oxygen atoms in total. The van der Waals surface area contributed by atoms with Gasteiger partial charge in [0.25, 0.3) is 0 Å². The molecule has 1 fully saturated rings. The molecule has 0 saturated carbocycles. The maximum atomic E-state index is 11.6. The van der Waals surface area contributed by atoms with E-state index in [1.165, 1.54) is 0 Å². The number of ether oxygens (including phenoxy) is 1. The van der Waals surface area contributed by atoms with Crippen molar-refractivity contribution in [3.05, 3.63) is 24.3 Å². The van der Waals surface area contributed by atoms with Gasteiger partial charge < -0.3 is 20.3 Å². The molecule has 2 rings (SSSR count). The van der Waals surface area contributed by atoms with Gasteiger partial charge in [0, 0.05) is 25.7 Å². The second kappa shape index (κ2) is 7.20. The van der Waals surface area contributed by atoms with Crippen LogP contribution in [0.5, 0.6) is 5.75 Å². The van der Waals surface area contributed by atoms with Crippen LogP contribution in [0.15, 0.2) is 24.3 Å². The Kier molecular flexibility index (Phi) is 5.31. The first-order chi connectivity index (χ1) is 10.1. The Morgan fingerprint density at radius 1 is 1.43 bits per heavy atom. The van der Waals surface area contributed by atoms with E-state index in [2.05, 4.69) is 21.6 Å². The number of carbonyl (C=O) groups excluding carboxylic acids is 1. The summed E-state index contributed by atoms with van der Waals surface area (Å²) in [4.78, 5) is 13.9. The van der Waals surface area contributed by atoms with E-state index in [-0.39, 0.29) is 12.1 Å². The van der Waals surface area contributed by atoms with Crippen molar-refractivity contribution in [1.82, 2.24) is 10.6 Å². The number of para-hydroxylation sites is 2. The normalized spacial score (nSPS) is 17.9. The Balaban J connectivity index is 1.85. The largest absolute Gasteiger partial charge is 0.495 e. The maximum absolute atomic E-state index is 11.6. The Hall–Kier alpha value is -1.91. The zero-order valence-electron chi connectivity index (χ0n) is 13.1. The summed E-state index contributed by atoms with van der Waals surface area (Å²) >= 11 is 0. The third-order valence-corrected chi connectivity index (χ3v) is 3.68. The number of amides is 2. The molecular formula is C16H25N3O2. The van der Waals surface area contributed by atoms with Gasteiger partial charge in [-0.25, -0.2) is 4.79 Å². The smallest absolute Gasteiger partial charge is 0.314 e. The molecule has 1 aromatic rings. The van der Waals surface area contributed by atoms with Crippen molar-refractivity contribution in [2.24, 2.45) is 5.92 Å². The van der Waals surface area contributed by atoms with Gasteiger partial charge in [0.05, 0.1) is 12.8 Å². The van der Waals surface area contributed by atoms with Crippen LogP contribution in [0.4, 0.5) is 10.5 Å². The van der Waals surface area contributed by atoms with E-state index in [0.717, 1.165) is 30.9 Å². The number of nitrogens with one attached hydrogen (secondary N) is 2. The highest BCUT2D eigenvalue weighted by Gasteiger charge is 2.24. The summed E-state index contributed by atoms with van der Waals surface area (Å²) in [5.41, 5.74) is 1.13. The number of anilines is 1. The van der Waals surface area contributed by atoms with Crippen LogP contribution in [0.25, 0.3) is 0 Å². The number of hydrogen-bond donors (Lipinski definition) is 2. The highest BCUT2D eigenvalue weighted by Crippen LogP contribution is 2.31. The minimum Gasteiger partial charge on any atom is -0.495 e. The van der Waals surface area contributed by atoms with Crippen molar-refractivity contribution in [2.75, 3.05) is 31.6 Å². The fourth-order valence-corrected chi connectivity index (χ4v) is 2.66. The van der Waals surface area contributed by atoms with Gasteiger partial charge in [0.1, 0.15) is 5.75 Å². The number of methoxy groups -OCH3 is 1. The third-order valence-electron chi connectivity index (χ3n) is 3.68. The van der Waals surface area contributed by atoms with E-state index in [0.29, 0.717) is 12.5 Å². The average Bonchev–Trinajstić information content (AvgIpc) is 2.93. The molecule has 1 aliphatic heterocycles. The first-order valence-corrected chi connectivity index (χ1v) is 7.52. The molecular weight excluding hydrogens is 266 g/mol. The standard InChI is InChI=1S/C16H25N3O2/c1-12(2)18-16(20)17-10-13-8-9-19(11-13)14-6-4-5-7-15(14)21-3/h4-7,12-13H,8-11H2,1-3H3,(H2,17,18,20). The Labute approximate surface area is 126 Å².